The molecule has 2 aromatic carbocycles. The molecule has 0 fully saturated rings. The summed E-state index contributed by atoms with van der Waals surface area (Å²) in [4.78, 5) is 0. The first kappa shape index (κ1) is 10.7. The molecule has 3 rings (SSSR count). The molecule has 0 N–H and O–H groups in total. The molecule has 3 heteroatoms. The van der Waals surface area contributed by atoms with E-state index in [4.69, 9.17) is 9.47 Å². The second-order valence-corrected chi connectivity index (χ2v) is 4.46. The highest BCUT2D eigenvalue weighted by atomic mass is 79.9. The van der Waals surface area contributed by atoms with Gasteiger partial charge in [-0.1, -0.05) is 46.3 Å². The van der Waals surface area contributed by atoms with Crippen molar-refractivity contribution in [2.24, 2.45) is 0 Å². The van der Waals surface area contributed by atoms with Gasteiger partial charge >= 0.3 is 0 Å². The summed E-state index contributed by atoms with van der Waals surface area (Å²) >= 11 is 3.44. The van der Waals surface area contributed by atoms with Gasteiger partial charge in [0.15, 0.2) is 11.5 Å². The van der Waals surface area contributed by atoms with E-state index in [2.05, 4.69) is 46.3 Å². The maximum atomic E-state index is 5.38. The Bertz CT molecular complexity index is 534. The Hall–Kier alpha value is -1.48. The van der Waals surface area contributed by atoms with Crippen molar-refractivity contribution in [1.82, 2.24) is 0 Å². The topological polar surface area (TPSA) is 18.5 Å². The summed E-state index contributed by atoms with van der Waals surface area (Å²) in [5.41, 5.74) is 3.61. The highest BCUT2D eigenvalue weighted by Gasteiger charge is 2.13. The maximum Gasteiger partial charge on any atom is 0.231 e. The second-order valence-electron chi connectivity index (χ2n) is 3.90. The van der Waals surface area contributed by atoms with Crippen molar-refractivity contribution in [2.45, 2.75) is 5.33 Å². The van der Waals surface area contributed by atoms with Crippen LogP contribution < -0.4 is 9.47 Å². The predicted molar refractivity (Wildman–Crippen MR) is 70.6 cm³/mol. The van der Waals surface area contributed by atoms with E-state index in [0.717, 1.165) is 22.4 Å². The van der Waals surface area contributed by atoms with Gasteiger partial charge in [0.05, 0.1) is 0 Å². The van der Waals surface area contributed by atoms with Gasteiger partial charge in [-0.25, -0.2) is 0 Å². The van der Waals surface area contributed by atoms with Gasteiger partial charge in [-0.3, -0.25) is 0 Å². The van der Waals surface area contributed by atoms with Crippen LogP contribution in [0.25, 0.3) is 11.1 Å². The molecule has 1 heterocycles. The van der Waals surface area contributed by atoms with E-state index in [9.17, 15) is 0 Å². The Balaban J connectivity index is 1.97. The van der Waals surface area contributed by atoms with Crippen LogP contribution in [0.5, 0.6) is 11.5 Å². The molecule has 0 unspecified atom stereocenters. The van der Waals surface area contributed by atoms with E-state index in [1.54, 1.807) is 0 Å². The third-order valence-electron chi connectivity index (χ3n) is 2.81. The number of hydrogen-bond acceptors (Lipinski definition) is 2. The average molecular weight is 291 g/mol. The van der Waals surface area contributed by atoms with E-state index >= 15 is 0 Å². The Kier molecular flexibility index (Phi) is 2.77. The number of hydrogen-bond donors (Lipinski definition) is 0. The van der Waals surface area contributed by atoms with Crippen LogP contribution in [0.15, 0.2) is 42.5 Å². The zero-order valence-electron chi connectivity index (χ0n) is 9.15. The summed E-state index contributed by atoms with van der Waals surface area (Å²) in [5.74, 6) is 1.65. The third-order valence-corrected chi connectivity index (χ3v) is 3.46. The number of fused-ring (bicyclic) bond motifs is 1. The maximum absolute atomic E-state index is 5.38. The minimum absolute atomic E-state index is 0.321. The van der Waals surface area contributed by atoms with Gasteiger partial charge in [-0.15, -0.1) is 0 Å². The molecule has 2 aromatic rings. The van der Waals surface area contributed by atoms with E-state index in [-0.39, 0.29) is 0 Å². The lowest BCUT2D eigenvalue weighted by atomic mass is 10.0. The summed E-state index contributed by atoms with van der Waals surface area (Å²) in [6.45, 7) is 0.321. The lowest BCUT2D eigenvalue weighted by molar-refractivity contribution is 0.174. The van der Waals surface area contributed by atoms with Gasteiger partial charge in [0, 0.05) is 5.33 Å². The molecule has 1 aliphatic rings. The second kappa shape index (κ2) is 4.41. The van der Waals surface area contributed by atoms with Crippen molar-refractivity contribution in [3.8, 4) is 22.6 Å². The fourth-order valence-electron chi connectivity index (χ4n) is 1.86. The average Bonchev–Trinajstić information content (AvgIpc) is 2.86. The predicted octanol–water partition coefficient (Wildman–Crippen LogP) is 3.98. The summed E-state index contributed by atoms with van der Waals surface area (Å²) in [7, 11) is 0. The number of alkyl halides is 1. The molecule has 0 atom stereocenters. The van der Waals surface area contributed by atoms with Gasteiger partial charge < -0.3 is 9.47 Å². The van der Waals surface area contributed by atoms with Crippen molar-refractivity contribution in [3.05, 3.63) is 48.0 Å². The fraction of sp³-hybridized carbons (Fsp3) is 0.143. The standard InChI is InChI=1S/C14H11BrO2/c15-8-10-1-3-11(4-2-10)12-5-6-13-14(7-12)17-9-16-13/h1-7H,8-9H2. The molecular weight excluding hydrogens is 280 g/mol. The summed E-state index contributed by atoms with van der Waals surface area (Å²) in [6.07, 6.45) is 0. The van der Waals surface area contributed by atoms with Gasteiger partial charge in [-0.05, 0) is 28.8 Å². The molecule has 0 bridgehead atoms. The Morgan fingerprint density at radius 1 is 0.882 bits per heavy atom. The molecule has 0 aliphatic carbocycles. The molecule has 0 aromatic heterocycles. The van der Waals surface area contributed by atoms with Crippen LogP contribution in [0.2, 0.25) is 0 Å². The number of rotatable bonds is 2. The molecule has 1 aliphatic heterocycles. The fourth-order valence-corrected chi connectivity index (χ4v) is 2.24. The van der Waals surface area contributed by atoms with Crippen molar-refractivity contribution >= 4 is 15.9 Å². The van der Waals surface area contributed by atoms with Gasteiger partial charge in [0.25, 0.3) is 0 Å². The molecule has 0 saturated carbocycles. The third kappa shape index (κ3) is 2.03. The molecule has 2 nitrogen and oxygen atoms in total. The van der Waals surface area contributed by atoms with Gasteiger partial charge in [-0.2, -0.15) is 0 Å². The minimum atomic E-state index is 0.321. The normalized spacial score (nSPS) is 12.8. The van der Waals surface area contributed by atoms with Crippen LogP contribution in [0, 0.1) is 0 Å². The van der Waals surface area contributed by atoms with Crippen molar-refractivity contribution in [1.29, 1.82) is 0 Å². The summed E-state index contributed by atoms with van der Waals surface area (Å²) in [6, 6.07) is 14.5. The first-order valence-electron chi connectivity index (χ1n) is 5.42. The smallest absolute Gasteiger partial charge is 0.231 e. The van der Waals surface area contributed by atoms with Crippen LogP contribution in [0.4, 0.5) is 0 Å². The first-order chi connectivity index (χ1) is 8.36. The molecule has 0 spiro atoms. The molecule has 0 radical (unpaired) electrons. The van der Waals surface area contributed by atoms with E-state index < -0.39 is 0 Å². The van der Waals surface area contributed by atoms with Crippen molar-refractivity contribution < 1.29 is 9.47 Å². The SMILES string of the molecule is BrCc1ccc(-c2ccc3c(c2)OCO3)cc1. The monoisotopic (exact) mass is 290 g/mol. The minimum Gasteiger partial charge on any atom is -0.454 e. The Labute approximate surface area is 108 Å². The lowest BCUT2D eigenvalue weighted by Crippen LogP contribution is -1.92. The van der Waals surface area contributed by atoms with Crippen LogP contribution in [0.1, 0.15) is 5.56 Å². The molecule has 17 heavy (non-hydrogen) atoms. The van der Waals surface area contributed by atoms with Crippen molar-refractivity contribution in [2.75, 3.05) is 6.79 Å². The zero-order valence-corrected chi connectivity index (χ0v) is 10.7. The summed E-state index contributed by atoms with van der Waals surface area (Å²) in [5, 5.41) is 0.883. The highest BCUT2D eigenvalue weighted by Crippen LogP contribution is 2.35. The van der Waals surface area contributed by atoms with Crippen LogP contribution >= 0.6 is 15.9 Å². The first-order valence-corrected chi connectivity index (χ1v) is 6.54. The van der Waals surface area contributed by atoms with Crippen LogP contribution in [-0.4, -0.2) is 6.79 Å². The van der Waals surface area contributed by atoms with Crippen LogP contribution in [-0.2, 0) is 5.33 Å². The van der Waals surface area contributed by atoms with E-state index in [0.29, 0.717) is 6.79 Å². The zero-order chi connectivity index (χ0) is 11.7. The highest BCUT2D eigenvalue weighted by molar-refractivity contribution is 9.08. The number of ether oxygens (including phenoxy) is 2. The Morgan fingerprint density at radius 3 is 2.35 bits per heavy atom. The molecule has 86 valence electrons. The Morgan fingerprint density at radius 2 is 1.59 bits per heavy atom. The number of benzene rings is 2. The molecular formula is C14H11BrO2. The lowest BCUT2D eigenvalue weighted by Gasteiger charge is -2.04. The van der Waals surface area contributed by atoms with Gasteiger partial charge in [0.1, 0.15) is 0 Å². The largest absolute Gasteiger partial charge is 0.454 e. The summed E-state index contributed by atoms with van der Waals surface area (Å²) < 4.78 is 10.7. The molecule has 0 amide bonds. The van der Waals surface area contributed by atoms with Gasteiger partial charge in [0.2, 0.25) is 6.79 Å². The van der Waals surface area contributed by atoms with E-state index in [1.807, 2.05) is 12.1 Å². The van der Waals surface area contributed by atoms with E-state index in [1.165, 1.54) is 11.1 Å². The van der Waals surface area contributed by atoms with Crippen molar-refractivity contribution in [3.63, 3.8) is 0 Å². The molecule has 0 saturated heterocycles. The number of halogens is 1. The quantitative estimate of drug-likeness (QED) is 0.779. The van der Waals surface area contributed by atoms with Crippen LogP contribution in [0.3, 0.4) is 0 Å².